The zero-order chi connectivity index (χ0) is 23.4. The summed E-state index contributed by atoms with van der Waals surface area (Å²) in [6, 6.07) is 2.70. The molecule has 3 aromatic rings. The second-order valence-electron chi connectivity index (χ2n) is 7.47. The van der Waals surface area contributed by atoms with E-state index < -0.39 is 5.97 Å². The van der Waals surface area contributed by atoms with E-state index in [1.54, 1.807) is 11.0 Å². The molecule has 1 aliphatic rings. The van der Waals surface area contributed by atoms with Crippen LogP contribution in [-0.4, -0.2) is 84.6 Å². The third-order valence-corrected chi connectivity index (χ3v) is 5.38. The summed E-state index contributed by atoms with van der Waals surface area (Å²) in [6.45, 7) is 2.36. The molecule has 4 N–H and O–H groups in total. The SMILES string of the molecule is NCCCC(=O)N1CCN(c2nc3cc(C(=O)O)ccn3c(=O)c2/C=C/c2nn[nH]n2)CC1. The topological polar surface area (TPSA) is 176 Å². The number of carbonyl (C=O) groups is 2. The van der Waals surface area contributed by atoms with E-state index in [2.05, 4.69) is 25.6 Å². The molecule has 33 heavy (non-hydrogen) atoms. The van der Waals surface area contributed by atoms with E-state index in [4.69, 9.17) is 5.73 Å². The fourth-order valence-electron chi connectivity index (χ4n) is 3.64. The molecule has 172 valence electrons. The van der Waals surface area contributed by atoms with Gasteiger partial charge in [-0.15, -0.1) is 10.2 Å². The number of hydrogen-bond acceptors (Lipinski definition) is 9. The number of aromatic nitrogens is 6. The molecule has 0 atom stereocenters. The van der Waals surface area contributed by atoms with Gasteiger partial charge in [0.2, 0.25) is 5.91 Å². The molecule has 0 aliphatic carbocycles. The van der Waals surface area contributed by atoms with E-state index in [0.29, 0.717) is 62.8 Å². The first kappa shape index (κ1) is 22.1. The molecule has 13 heteroatoms. The molecule has 1 amide bonds. The Morgan fingerprint density at radius 3 is 2.67 bits per heavy atom. The maximum absolute atomic E-state index is 13.3. The van der Waals surface area contributed by atoms with Gasteiger partial charge >= 0.3 is 5.97 Å². The van der Waals surface area contributed by atoms with Gasteiger partial charge in [0.15, 0.2) is 5.82 Å². The highest BCUT2D eigenvalue weighted by Gasteiger charge is 2.24. The van der Waals surface area contributed by atoms with Gasteiger partial charge in [0.25, 0.3) is 5.56 Å². The molecule has 0 bridgehead atoms. The maximum Gasteiger partial charge on any atom is 0.335 e. The molecule has 13 nitrogen and oxygen atoms in total. The molecule has 1 saturated heterocycles. The van der Waals surface area contributed by atoms with Gasteiger partial charge in [-0.3, -0.25) is 14.0 Å². The molecule has 0 spiro atoms. The number of carboxylic acid groups (broad SMARTS) is 1. The number of nitrogens with zero attached hydrogens (tertiary/aromatic N) is 7. The Morgan fingerprint density at radius 2 is 2.00 bits per heavy atom. The van der Waals surface area contributed by atoms with Crippen molar-refractivity contribution in [2.45, 2.75) is 12.8 Å². The molecule has 0 saturated carbocycles. The molecule has 3 aromatic heterocycles. The van der Waals surface area contributed by atoms with Gasteiger partial charge in [-0.05, 0) is 42.5 Å². The fraction of sp³-hybridized carbons (Fsp3) is 0.350. The molecule has 0 unspecified atom stereocenters. The summed E-state index contributed by atoms with van der Waals surface area (Å²) in [5.74, 6) is -0.368. The van der Waals surface area contributed by atoms with Crippen molar-refractivity contribution in [2.75, 3.05) is 37.6 Å². The largest absolute Gasteiger partial charge is 0.478 e. The number of aromatic carboxylic acids is 1. The van der Waals surface area contributed by atoms with Gasteiger partial charge in [0, 0.05) is 38.8 Å². The summed E-state index contributed by atoms with van der Waals surface area (Å²) in [5.41, 5.74) is 5.67. The van der Waals surface area contributed by atoms with Crippen LogP contribution >= 0.6 is 0 Å². The zero-order valence-electron chi connectivity index (χ0n) is 17.7. The van der Waals surface area contributed by atoms with Crippen LogP contribution in [0.1, 0.15) is 34.6 Å². The van der Waals surface area contributed by atoms with E-state index in [1.165, 1.54) is 28.8 Å². The van der Waals surface area contributed by atoms with E-state index in [1.807, 2.05) is 4.90 Å². The first-order valence-corrected chi connectivity index (χ1v) is 10.4. The molecular weight excluding hydrogens is 430 g/mol. The van der Waals surface area contributed by atoms with Crippen LogP contribution in [0.5, 0.6) is 0 Å². The van der Waals surface area contributed by atoms with Crippen molar-refractivity contribution < 1.29 is 14.7 Å². The predicted molar refractivity (Wildman–Crippen MR) is 119 cm³/mol. The molecule has 4 heterocycles. The van der Waals surface area contributed by atoms with Crippen LogP contribution in [0, 0.1) is 0 Å². The minimum Gasteiger partial charge on any atom is -0.478 e. The number of nitrogens with one attached hydrogen (secondary N) is 1. The smallest absolute Gasteiger partial charge is 0.335 e. The lowest BCUT2D eigenvalue weighted by Crippen LogP contribution is -2.49. The number of fused-ring (bicyclic) bond motifs is 1. The molecule has 1 fully saturated rings. The maximum atomic E-state index is 13.3. The Hall–Kier alpha value is -4.13. The number of anilines is 1. The number of carboxylic acids is 1. The first-order chi connectivity index (χ1) is 16.0. The minimum absolute atomic E-state index is 0.0262. The van der Waals surface area contributed by atoms with Gasteiger partial charge in [-0.2, -0.15) is 5.21 Å². The number of hydrogen-bond donors (Lipinski definition) is 3. The molecular formula is C20H23N9O4. The monoisotopic (exact) mass is 453 g/mol. The Morgan fingerprint density at radius 1 is 1.21 bits per heavy atom. The van der Waals surface area contributed by atoms with Crippen LogP contribution in [0.25, 0.3) is 17.8 Å². The highest BCUT2D eigenvalue weighted by molar-refractivity contribution is 5.89. The molecule has 4 rings (SSSR count). The Labute approximate surface area is 187 Å². The molecule has 1 aliphatic heterocycles. The van der Waals surface area contributed by atoms with E-state index in [9.17, 15) is 19.5 Å². The summed E-state index contributed by atoms with van der Waals surface area (Å²) in [5, 5.41) is 22.9. The Balaban J connectivity index is 1.70. The lowest BCUT2D eigenvalue weighted by molar-refractivity contribution is -0.131. The normalized spacial score (nSPS) is 14.3. The standard InChI is InChI=1S/C20H23N9O4/c21-6-1-2-17(30)27-8-10-28(11-9-27)18-14(3-4-15-23-25-26-24-15)19(31)29-7-5-13(20(32)33)12-16(29)22-18/h3-5,7,12H,1-2,6,8-11,21H2,(H,32,33)(H,23,24,25,26)/b4-3+. The fourth-order valence-corrected chi connectivity index (χ4v) is 3.64. The zero-order valence-corrected chi connectivity index (χ0v) is 17.7. The highest BCUT2D eigenvalue weighted by Crippen LogP contribution is 2.21. The number of H-pyrrole nitrogens is 1. The summed E-state index contributed by atoms with van der Waals surface area (Å²) in [7, 11) is 0. The van der Waals surface area contributed by atoms with Gasteiger partial charge in [-0.1, -0.05) is 0 Å². The predicted octanol–water partition coefficient (Wildman–Crippen LogP) is -0.536. The molecule has 0 radical (unpaired) electrons. The number of carbonyl (C=O) groups excluding carboxylic acids is 1. The van der Waals surface area contributed by atoms with Crippen molar-refractivity contribution in [1.29, 1.82) is 0 Å². The van der Waals surface area contributed by atoms with Crippen LogP contribution in [0.15, 0.2) is 23.1 Å². The third-order valence-electron chi connectivity index (χ3n) is 5.38. The van der Waals surface area contributed by atoms with Crippen molar-refractivity contribution >= 4 is 35.5 Å². The summed E-state index contributed by atoms with van der Waals surface area (Å²) in [4.78, 5) is 45.3. The van der Waals surface area contributed by atoms with E-state index in [-0.39, 0.29) is 22.7 Å². The van der Waals surface area contributed by atoms with Gasteiger partial charge < -0.3 is 20.6 Å². The first-order valence-electron chi connectivity index (χ1n) is 10.4. The van der Waals surface area contributed by atoms with Crippen LogP contribution in [0.4, 0.5) is 5.82 Å². The van der Waals surface area contributed by atoms with Crippen molar-refractivity contribution in [3.63, 3.8) is 0 Å². The number of pyridine rings is 1. The highest BCUT2D eigenvalue weighted by atomic mass is 16.4. The molecule has 0 aromatic carbocycles. The van der Waals surface area contributed by atoms with Gasteiger partial charge in [0.1, 0.15) is 11.5 Å². The lowest BCUT2D eigenvalue weighted by Gasteiger charge is -2.36. The number of aromatic amines is 1. The summed E-state index contributed by atoms with van der Waals surface area (Å²) < 4.78 is 1.29. The summed E-state index contributed by atoms with van der Waals surface area (Å²) in [6.07, 6.45) is 5.53. The van der Waals surface area contributed by atoms with E-state index in [0.717, 1.165) is 0 Å². The van der Waals surface area contributed by atoms with Crippen LogP contribution in [-0.2, 0) is 4.79 Å². The third kappa shape index (κ3) is 4.72. The van der Waals surface area contributed by atoms with Gasteiger partial charge in [0.05, 0.1) is 11.1 Å². The lowest BCUT2D eigenvalue weighted by atomic mass is 10.2. The number of piperazine rings is 1. The number of rotatable bonds is 7. The average Bonchev–Trinajstić information content (AvgIpc) is 3.35. The summed E-state index contributed by atoms with van der Waals surface area (Å²) >= 11 is 0. The second-order valence-corrected chi connectivity index (χ2v) is 7.47. The van der Waals surface area contributed by atoms with Gasteiger partial charge in [-0.25, -0.2) is 9.78 Å². The quantitative estimate of drug-likeness (QED) is 0.421. The van der Waals surface area contributed by atoms with Crippen LogP contribution < -0.4 is 16.2 Å². The van der Waals surface area contributed by atoms with Crippen molar-refractivity contribution in [3.05, 3.63) is 45.6 Å². The Bertz CT molecular complexity index is 1240. The average molecular weight is 453 g/mol. The van der Waals surface area contributed by atoms with Crippen molar-refractivity contribution in [3.8, 4) is 0 Å². The minimum atomic E-state index is -1.11. The van der Waals surface area contributed by atoms with Crippen molar-refractivity contribution in [1.82, 2.24) is 34.9 Å². The second kappa shape index (κ2) is 9.56. The van der Waals surface area contributed by atoms with Crippen LogP contribution in [0.3, 0.4) is 0 Å². The number of nitrogens with two attached hydrogens (primary N) is 1. The van der Waals surface area contributed by atoms with Crippen molar-refractivity contribution in [2.24, 2.45) is 5.73 Å². The number of tetrazole rings is 1. The van der Waals surface area contributed by atoms with E-state index >= 15 is 0 Å². The number of amides is 1. The Kier molecular flexibility index (Phi) is 6.40. The van der Waals surface area contributed by atoms with Crippen LogP contribution in [0.2, 0.25) is 0 Å².